The fourth-order valence-electron chi connectivity index (χ4n) is 2.93. The van der Waals surface area contributed by atoms with E-state index in [1.165, 1.54) is 6.33 Å². The van der Waals surface area contributed by atoms with Crippen LogP contribution in [-0.2, 0) is 0 Å². The van der Waals surface area contributed by atoms with Crippen molar-refractivity contribution >= 4 is 33.3 Å². The van der Waals surface area contributed by atoms with Gasteiger partial charge >= 0.3 is 0 Å². The zero-order chi connectivity index (χ0) is 17.8. The summed E-state index contributed by atoms with van der Waals surface area (Å²) in [6.07, 6.45) is 3.71. The average Bonchev–Trinajstić information content (AvgIpc) is 2.61. The molecule has 0 saturated carbocycles. The van der Waals surface area contributed by atoms with Gasteiger partial charge in [0.25, 0.3) is 0 Å². The summed E-state index contributed by atoms with van der Waals surface area (Å²) >= 11 is 2.96. The van der Waals surface area contributed by atoms with Crippen LogP contribution in [0.4, 0.5) is 26.1 Å². The zero-order valence-electron chi connectivity index (χ0n) is 13.9. The van der Waals surface area contributed by atoms with Crippen LogP contribution in [0.15, 0.2) is 29.0 Å². The van der Waals surface area contributed by atoms with E-state index in [0.29, 0.717) is 11.7 Å². The summed E-state index contributed by atoms with van der Waals surface area (Å²) in [5, 5.41) is 6.17. The van der Waals surface area contributed by atoms with E-state index in [1.54, 1.807) is 6.07 Å². The second kappa shape index (κ2) is 8.05. The third kappa shape index (κ3) is 4.64. The molecule has 3 rings (SSSR count). The third-order valence-corrected chi connectivity index (χ3v) is 4.91. The molecule has 1 aliphatic rings. The predicted octanol–water partition coefficient (Wildman–Crippen LogP) is 3.70. The van der Waals surface area contributed by atoms with E-state index in [9.17, 15) is 8.78 Å². The van der Waals surface area contributed by atoms with E-state index in [2.05, 4.69) is 41.4 Å². The number of halogens is 3. The molecule has 8 heteroatoms. The zero-order valence-corrected chi connectivity index (χ0v) is 15.5. The Bertz CT molecular complexity index is 737. The highest BCUT2D eigenvalue weighted by atomic mass is 79.9. The average molecular weight is 412 g/mol. The number of piperidine rings is 1. The highest BCUT2D eigenvalue weighted by Gasteiger charge is 2.16. The lowest BCUT2D eigenvalue weighted by molar-refractivity contribution is 0.377. The first-order valence-electron chi connectivity index (χ1n) is 8.18. The number of hydrogen-bond donors (Lipinski definition) is 2. The standard InChI is InChI=1S/C17H20BrF2N5/c1-25(9-11-2-4-21-5-3-11)17-8-16(22-10-23-17)24-15-7-13(19)12(18)6-14(15)20/h6-8,10-11,21H,2-5,9H2,1H3,(H,22,23,24). The first kappa shape index (κ1) is 18.0. The molecule has 1 fully saturated rings. The van der Waals surface area contributed by atoms with Gasteiger partial charge in [0.1, 0.15) is 29.6 Å². The summed E-state index contributed by atoms with van der Waals surface area (Å²) in [4.78, 5) is 10.5. The van der Waals surface area contributed by atoms with Crippen LogP contribution in [0.1, 0.15) is 12.8 Å². The van der Waals surface area contributed by atoms with Crippen molar-refractivity contribution in [3.63, 3.8) is 0 Å². The van der Waals surface area contributed by atoms with Gasteiger partial charge < -0.3 is 15.5 Å². The van der Waals surface area contributed by atoms with Crippen molar-refractivity contribution in [2.75, 3.05) is 36.9 Å². The summed E-state index contributed by atoms with van der Waals surface area (Å²) < 4.78 is 27.7. The first-order chi connectivity index (χ1) is 12.0. The lowest BCUT2D eigenvalue weighted by Crippen LogP contribution is -2.34. The van der Waals surface area contributed by atoms with E-state index in [0.717, 1.165) is 50.4 Å². The predicted molar refractivity (Wildman–Crippen MR) is 98.2 cm³/mol. The molecule has 0 amide bonds. The monoisotopic (exact) mass is 411 g/mol. The Morgan fingerprint density at radius 2 is 1.96 bits per heavy atom. The Kier molecular flexibility index (Phi) is 5.80. The molecule has 134 valence electrons. The number of anilines is 3. The fraction of sp³-hybridized carbons (Fsp3) is 0.412. The Labute approximate surface area is 154 Å². The summed E-state index contributed by atoms with van der Waals surface area (Å²) in [7, 11) is 1.98. The molecule has 1 aromatic carbocycles. The molecule has 5 nitrogen and oxygen atoms in total. The van der Waals surface area contributed by atoms with Gasteiger partial charge in [0.2, 0.25) is 0 Å². The van der Waals surface area contributed by atoms with Crippen LogP contribution in [0.3, 0.4) is 0 Å². The van der Waals surface area contributed by atoms with E-state index in [4.69, 9.17) is 0 Å². The van der Waals surface area contributed by atoms with Crippen molar-refractivity contribution in [3.05, 3.63) is 40.6 Å². The normalized spacial score (nSPS) is 15.2. The van der Waals surface area contributed by atoms with Crippen LogP contribution in [-0.4, -0.2) is 36.6 Å². The molecular weight excluding hydrogens is 392 g/mol. The highest BCUT2D eigenvalue weighted by molar-refractivity contribution is 9.10. The molecule has 1 aliphatic heterocycles. The lowest BCUT2D eigenvalue weighted by Gasteiger charge is -2.28. The smallest absolute Gasteiger partial charge is 0.148 e. The number of aromatic nitrogens is 2. The maximum absolute atomic E-state index is 14.0. The van der Waals surface area contributed by atoms with Gasteiger partial charge in [-0.1, -0.05) is 0 Å². The van der Waals surface area contributed by atoms with Crippen molar-refractivity contribution in [3.8, 4) is 0 Å². The molecule has 0 spiro atoms. The van der Waals surface area contributed by atoms with Crippen molar-refractivity contribution in [2.45, 2.75) is 12.8 Å². The maximum Gasteiger partial charge on any atom is 0.148 e. The number of nitrogens with one attached hydrogen (secondary N) is 2. The number of nitrogens with zero attached hydrogens (tertiary/aromatic N) is 3. The van der Waals surface area contributed by atoms with Gasteiger partial charge in [-0.05, 0) is 53.8 Å². The number of benzene rings is 1. The summed E-state index contributed by atoms with van der Waals surface area (Å²) in [5.41, 5.74) is 0.0337. The first-order valence-corrected chi connectivity index (χ1v) is 8.97. The van der Waals surface area contributed by atoms with E-state index in [-0.39, 0.29) is 10.2 Å². The van der Waals surface area contributed by atoms with Crippen molar-refractivity contribution in [1.82, 2.24) is 15.3 Å². The molecule has 1 aromatic heterocycles. The van der Waals surface area contributed by atoms with Crippen LogP contribution in [0.25, 0.3) is 0 Å². The second-order valence-electron chi connectivity index (χ2n) is 6.21. The van der Waals surface area contributed by atoms with Gasteiger partial charge in [0, 0.05) is 25.7 Å². The summed E-state index contributed by atoms with van der Waals surface area (Å²) in [6, 6.07) is 3.92. The van der Waals surface area contributed by atoms with Crippen molar-refractivity contribution < 1.29 is 8.78 Å². The topological polar surface area (TPSA) is 53.1 Å². The molecular formula is C17H20BrF2N5. The molecule has 2 aromatic rings. The van der Waals surface area contributed by atoms with E-state index < -0.39 is 11.6 Å². The lowest BCUT2D eigenvalue weighted by atomic mass is 9.98. The molecule has 2 N–H and O–H groups in total. The molecule has 0 radical (unpaired) electrons. The van der Waals surface area contributed by atoms with Crippen LogP contribution >= 0.6 is 15.9 Å². The van der Waals surface area contributed by atoms with Crippen LogP contribution in [0, 0.1) is 17.6 Å². The van der Waals surface area contributed by atoms with Gasteiger partial charge in [0.05, 0.1) is 10.2 Å². The molecule has 25 heavy (non-hydrogen) atoms. The Morgan fingerprint density at radius 1 is 1.20 bits per heavy atom. The minimum atomic E-state index is -0.559. The SMILES string of the molecule is CN(CC1CCNCC1)c1cc(Nc2cc(F)c(Br)cc2F)ncn1. The van der Waals surface area contributed by atoms with Gasteiger partial charge in [-0.3, -0.25) is 0 Å². The Balaban J connectivity index is 1.71. The van der Waals surface area contributed by atoms with Crippen LogP contribution in [0.5, 0.6) is 0 Å². The Morgan fingerprint density at radius 3 is 2.72 bits per heavy atom. The molecule has 0 bridgehead atoms. The molecule has 1 saturated heterocycles. The minimum absolute atomic E-state index is 0.0337. The number of rotatable bonds is 5. The summed E-state index contributed by atoms with van der Waals surface area (Å²) in [6.45, 7) is 2.99. The fourth-order valence-corrected chi connectivity index (χ4v) is 3.24. The quantitative estimate of drug-likeness (QED) is 0.734. The van der Waals surface area contributed by atoms with Gasteiger partial charge in [-0.2, -0.15) is 0 Å². The van der Waals surface area contributed by atoms with Gasteiger partial charge in [-0.25, -0.2) is 18.7 Å². The summed E-state index contributed by atoms with van der Waals surface area (Å²) in [5.74, 6) is 0.685. The van der Waals surface area contributed by atoms with Crippen LogP contribution < -0.4 is 15.5 Å². The van der Waals surface area contributed by atoms with Gasteiger partial charge in [0.15, 0.2) is 0 Å². The second-order valence-corrected chi connectivity index (χ2v) is 7.06. The molecule has 2 heterocycles. The largest absolute Gasteiger partial charge is 0.359 e. The minimum Gasteiger partial charge on any atom is -0.359 e. The molecule has 0 unspecified atom stereocenters. The molecule has 0 atom stereocenters. The Hall–Kier alpha value is -1.80. The van der Waals surface area contributed by atoms with Crippen LogP contribution in [0.2, 0.25) is 0 Å². The molecule has 0 aliphatic carbocycles. The maximum atomic E-state index is 14.0. The van der Waals surface area contributed by atoms with E-state index >= 15 is 0 Å². The van der Waals surface area contributed by atoms with Crippen molar-refractivity contribution in [1.29, 1.82) is 0 Å². The van der Waals surface area contributed by atoms with E-state index in [1.807, 2.05) is 7.05 Å². The van der Waals surface area contributed by atoms with Crippen molar-refractivity contribution in [2.24, 2.45) is 5.92 Å². The third-order valence-electron chi connectivity index (χ3n) is 4.31. The van der Waals surface area contributed by atoms with Gasteiger partial charge in [-0.15, -0.1) is 0 Å². The highest BCUT2D eigenvalue weighted by Crippen LogP contribution is 2.26. The number of hydrogen-bond acceptors (Lipinski definition) is 5.